The Morgan fingerprint density at radius 2 is 2.08 bits per heavy atom. The van der Waals surface area contributed by atoms with Crippen LogP contribution < -0.4 is 5.32 Å². The maximum atomic E-state index is 13.1. The van der Waals surface area contributed by atoms with Gasteiger partial charge in [-0.2, -0.15) is 5.11 Å². The van der Waals surface area contributed by atoms with E-state index in [1.807, 2.05) is 0 Å². The average molecular weight is 367 g/mol. The summed E-state index contributed by atoms with van der Waals surface area (Å²) in [7, 11) is -4.59. The molecule has 1 radical (unpaired) electrons. The zero-order valence-electron chi connectivity index (χ0n) is 13.8. The summed E-state index contributed by atoms with van der Waals surface area (Å²) in [6.07, 6.45) is 3.32. The number of likely N-dealkylation sites (tertiary alicyclic amines) is 1. The highest BCUT2D eigenvalue weighted by molar-refractivity contribution is 7.46. The molecule has 9 nitrogen and oxygen atoms in total. The second-order valence-corrected chi connectivity index (χ2v) is 7.64. The third-order valence-electron chi connectivity index (χ3n) is 4.71. The number of hydrogen-bond acceptors (Lipinski definition) is 6. The van der Waals surface area contributed by atoms with Crippen molar-refractivity contribution in [2.45, 2.75) is 50.0 Å². The molecule has 0 aromatic heterocycles. The molecule has 3 atom stereocenters. The zero-order valence-corrected chi connectivity index (χ0v) is 14.7. The van der Waals surface area contributed by atoms with Gasteiger partial charge in [0.15, 0.2) is 0 Å². The molecule has 2 aliphatic rings. The quantitative estimate of drug-likeness (QED) is 0.309. The molecule has 4 N–H and O–H groups in total. The summed E-state index contributed by atoms with van der Waals surface area (Å²) in [5.74, 6) is -1.78. The lowest BCUT2D eigenvalue weighted by Gasteiger charge is -2.34. The summed E-state index contributed by atoms with van der Waals surface area (Å²) >= 11 is 0. The first-order chi connectivity index (χ1) is 11.3. The van der Waals surface area contributed by atoms with Crippen LogP contribution in [0.2, 0.25) is 0 Å². The van der Waals surface area contributed by atoms with Crippen LogP contribution in [0.25, 0.3) is 0 Å². The number of phosphoric ester groups is 1. The van der Waals surface area contributed by atoms with Crippen molar-refractivity contribution in [1.29, 1.82) is 0 Å². The van der Waals surface area contributed by atoms with Crippen molar-refractivity contribution in [2.24, 2.45) is 0 Å². The first kappa shape index (κ1) is 20.2. The number of ether oxygens (including phenoxy) is 1. The maximum absolute atomic E-state index is 13.1. The lowest BCUT2D eigenvalue weighted by molar-refractivity contribution is -0.266. The second kappa shape index (κ2) is 9.02. The number of nitrogens with zero attached hydrogens (tertiary/aromatic N) is 1. The van der Waals surface area contributed by atoms with Gasteiger partial charge in [-0.3, -0.25) is 9.42 Å². The van der Waals surface area contributed by atoms with E-state index in [1.165, 1.54) is 0 Å². The van der Waals surface area contributed by atoms with Crippen LogP contribution in [0, 0.1) is 0 Å². The summed E-state index contributed by atoms with van der Waals surface area (Å²) in [6, 6.07) is -0.305. The molecular formula is C14H28N2O7P. The van der Waals surface area contributed by atoms with Gasteiger partial charge in [-0.05, 0) is 38.8 Å². The summed E-state index contributed by atoms with van der Waals surface area (Å²) in [5.41, 5.74) is 0. The fourth-order valence-corrected chi connectivity index (χ4v) is 3.79. The van der Waals surface area contributed by atoms with E-state index in [9.17, 15) is 9.67 Å². The van der Waals surface area contributed by atoms with Gasteiger partial charge in [-0.15, -0.1) is 0 Å². The molecule has 10 heteroatoms. The Bertz CT molecular complexity index is 429. The normalized spacial score (nSPS) is 28.3. The van der Waals surface area contributed by atoms with Crippen LogP contribution in [0.3, 0.4) is 0 Å². The number of rotatable bonds is 10. The lowest BCUT2D eigenvalue weighted by atomic mass is 10.0. The topological polar surface area (TPSA) is 131 Å². The molecule has 0 aromatic carbocycles. The highest BCUT2D eigenvalue weighted by Crippen LogP contribution is 2.37. The predicted octanol–water partition coefficient (Wildman–Crippen LogP) is -0.162. The molecule has 0 bridgehead atoms. The molecule has 0 amide bonds. The third kappa shape index (κ3) is 6.01. The predicted molar refractivity (Wildman–Crippen MR) is 84.7 cm³/mol. The molecule has 2 aliphatic heterocycles. The summed E-state index contributed by atoms with van der Waals surface area (Å²) < 4.78 is 20.9. The van der Waals surface area contributed by atoms with E-state index < -0.39 is 19.7 Å². The Balaban J connectivity index is 1.91. The minimum absolute atomic E-state index is 0.0688. The highest BCUT2D eigenvalue weighted by atomic mass is 31.2. The zero-order chi connectivity index (χ0) is 17.6. The van der Waals surface area contributed by atoms with Gasteiger partial charge in [-0.1, -0.05) is 0 Å². The van der Waals surface area contributed by atoms with E-state index in [2.05, 4.69) is 14.7 Å². The molecule has 2 saturated heterocycles. The first-order valence-corrected chi connectivity index (χ1v) is 10.00. The van der Waals surface area contributed by atoms with E-state index in [-0.39, 0.29) is 32.3 Å². The van der Waals surface area contributed by atoms with Crippen LogP contribution in [0.1, 0.15) is 32.1 Å². The van der Waals surface area contributed by atoms with Gasteiger partial charge in [-0.25, -0.2) is 4.57 Å². The Kier molecular flexibility index (Phi) is 7.60. The minimum atomic E-state index is -4.59. The van der Waals surface area contributed by atoms with E-state index in [1.54, 1.807) is 0 Å². The minimum Gasteiger partial charge on any atom is -0.395 e. The van der Waals surface area contributed by atoms with E-state index in [4.69, 9.17) is 19.6 Å². The van der Waals surface area contributed by atoms with Crippen molar-refractivity contribution in [3.63, 3.8) is 0 Å². The molecule has 2 fully saturated rings. The SMILES string of the molecule is [O]C(CCOP(=O)(O)O)(OCC1CCCN1CCO)C1CCCN1. The largest absolute Gasteiger partial charge is 0.469 e. The summed E-state index contributed by atoms with van der Waals surface area (Å²) in [4.78, 5) is 19.7. The molecule has 24 heavy (non-hydrogen) atoms. The van der Waals surface area contributed by atoms with Gasteiger partial charge in [0.25, 0.3) is 0 Å². The summed E-state index contributed by atoms with van der Waals surface area (Å²) in [6.45, 7) is 2.14. The van der Waals surface area contributed by atoms with Crippen molar-refractivity contribution in [3.8, 4) is 0 Å². The fourth-order valence-electron chi connectivity index (χ4n) is 3.46. The van der Waals surface area contributed by atoms with Crippen molar-refractivity contribution >= 4 is 7.82 Å². The molecule has 2 rings (SSSR count). The fraction of sp³-hybridized carbons (Fsp3) is 1.00. The molecule has 2 heterocycles. The molecular weight excluding hydrogens is 339 g/mol. The van der Waals surface area contributed by atoms with Crippen LogP contribution in [0.5, 0.6) is 0 Å². The second-order valence-electron chi connectivity index (χ2n) is 6.40. The van der Waals surface area contributed by atoms with E-state index >= 15 is 0 Å². The number of hydrogen-bond donors (Lipinski definition) is 4. The molecule has 0 spiro atoms. The van der Waals surface area contributed by atoms with Crippen LogP contribution >= 0.6 is 7.82 Å². The Labute approximate surface area is 142 Å². The smallest absolute Gasteiger partial charge is 0.395 e. The van der Waals surface area contributed by atoms with Crippen LogP contribution in [0.4, 0.5) is 0 Å². The highest BCUT2D eigenvalue weighted by Gasteiger charge is 2.42. The Morgan fingerprint density at radius 3 is 2.71 bits per heavy atom. The number of β-amino-alcohol motifs (C(OH)–C–C–N with tert-alkyl or cyclic N) is 1. The van der Waals surface area contributed by atoms with Gasteiger partial charge in [0.05, 0.1) is 25.9 Å². The lowest BCUT2D eigenvalue weighted by Crippen LogP contribution is -2.51. The van der Waals surface area contributed by atoms with Crippen LogP contribution in [0.15, 0.2) is 0 Å². The van der Waals surface area contributed by atoms with Gasteiger partial charge >= 0.3 is 7.82 Å². The Hall–Kier alpha value is -0.0900. The van der Waals surface area contributed by atoms with Gasteiger partial charge in [0.1, 0.15) is 0 Å². The van der Waals surface area contributed by atoms with Crippen molar-refractivity contribution in [2.75, 3.05) is 39.5 Å². The molecule has 0 aromatic rings. The van der Waals surface area contributed by atoms with E-state index in [0.717, 1.165) is 32.4 Å². The van der Waals surface area contributed by atoms with E-state index in [0.29, 0.717) is 13.0 Å². The van der Waals surface area contributed by atoms with Gasteiger partial charge in [0.2, 0.25) is 5.79 Å². The number of phosphoric acid groups is 1. The number of aliphatic hydroxyl groups is 1. The third-order valence-corrected chi connectivity index (χ3v) is 5.23. The van der Waals surface area contributed by atoms with Crippen LogP contribution in [-0.4, -0.2) is 77.1 Å². The number of nitrogens with one attached hydrogen (secondary N) is 1. The Morgan fingerprint density at radius 1 is 1.29 bits per heavy atom. The van der Waals surface area contributed by atoms with Crippen molar-refractivity contribution in [1.82, 2.24) is 10.2 Å². The van der Waals surface area contributed by atoms with Gasteiger partial charge in [0, 0.05) is 19.0 Å². The number of aliphatic hydroxyl groups excluding tert-OH is 1. The average Bonchev–Trinajstić information content (AvgIpc) is 3.16. The monoisotopic (exact) mass is 367 g/mol. The molecule has 141 valence electrons. The first-order valence-electron chi connectivity index (χ1n) is 8.47. The standard InChI is InChI=1S/C14H28N2O7P/c17-9-8-16-7-2-3-12(16)11-22-14(18,13-4-1-6-15-13)5-10-23-24(19,20)21/h12-13,15,17H,1-11H2,(H2,19,20,21). The molecule has 0 aliphatic carbocycles. The summed E-state index contributed by atoms with van der Waals surface area (Å²) in [5, 5.41) is 25.3. The molecule has 0 saturated carbocycles. The van der Waals surface area contributed by atoms with Gasteiger partial charge < -0.3 is 24.9 Å². The van der Waals surface area contributed by atoms with Crippen molar-refractivity contribution < 1.29 is 33.8 Å². The molecule has 3 unspecified atom stereocenters. The maximum Gasteiger partial charge on any atom is 0.469 e. The van der Waals surface area contributed by atoms with Crippen LogP contribution in [-0.2, 0) is 18.9 Å². The van der Waals surface area contributed by atoms with Crippen molar-refractivity contribution in [3.05, 3.63) is 0 Å².